The fourth-order valence-corrected chi connectivity index (χ4v) is 5.35. The second-order valence-electron chi connectivity index (χ2n) is 8.53. The zero-order valence-corrected chi connectivity index (χ0v) is 23.0. The van der Waals surface area contributed by atoms with Crippen LogP contribution in [0.3, 0.4) is 0 Å². The number of esters is 1. The highest BCUT2D eigenvalue weighted by Gasteiger charge is 2.36. The third-order valence-corrected chi connectivity index (χ3v) is 7.05. The Balaban J connectivity index is 1.97. The molecule has 2 heterocycles. The van der Waals surface area contributed by atoms with Crippen molar-refractivity contribution in [1.82, 2.24) is 4.57 Å². The van der Waals surface area contributed by atoms with Gasteiger partial charge in [-0.2, -0.15) is 0 Å². The summed E-state index contributed by atoms with van der Waals surface area (Å²) in [4.78, 5) is 42.7. The van der Waals surface area contributed by atoms with Crippen LogP contribution in [0.5, 0.6) is 17.2 Å². The lowest BCUT2D eigenvalue weighted by molar-refractivity contribution is -0.385. The number of nitro groups is 1. The van der Waals surface area contributed by atoms with Crippen LogP contribution in [0.2, 0.25) is 0 Å². The number of carbonyl (C=O) groups is 1. The summed E-state index contributed by atoms with van der Waals surface area (Å²) in [5.41, 5.74) is 0.341. The van der Waals surface area contributed by atoms with E-state index in [4.69, 9.17) is 18.9 Å². The van der Waals surface area contributed by atoms with Crippen molar-refractivity contribution in [2.45, 2.75) is 19.9 Å². The number of methoxy groups -OCH3 is 2. The number of hydrogen-bond donors (Lipinski definition) is 1. The number of benzene rings is 2. The monoisotopic (exact) mass is 569 g/mol. The standard InChI is InChI=1S/C27H27N3O9S/c1-5-38-24-17(7-6-8-20(24)37-4)23-22(26(33)39-12-11-36-3)15(2)28-27-29(23)25(32)21(40-27)14-16-9-10-19(31)18(13-16)30(34)35/h6-10,13-14,23,31H,5,11-12H2,1-4H3/b21-14+/t23-/m0/s1. The van der Waals surface area contributed by atoms with Gasteiger partial charge in [0.25, 0.3) is 5.56 Å². The van der Waals surface area contributed by atoms with Crippen LogP contribution in [0.15, 0.2) is 57.5 Å². The molecule has 0 radical (unpaired) electrons. The number of hydrogen-bond acceptors (Lipinski definition) is 11. The highest BCUT2D eigenvalue weighted by molar-refractivity contribution is 7.07. The van der Waals surface area contributed by atoms with E-state index in [1.54, 1.807) is 32.0 Å². The molecule has 1 N–H and O–H groups in total. The molecule has 3 aromatic rings. The number of ether oxygens (including phenoxy) is 4. The Hall–Kier alpha value is -4.49. The number of fused-ring (bicyclic) bond motifs is 1. The largest absolute Gasteiger partial charge is 0.502 e. The second-order valence-corrected chi connectivity index (χ2v) is 9.54. The van der Waals surface area contributed by atoms with E-state index in [-0.39, 0.29) is 23.3 Å². The van der Waals surface area contributed by atoms with Gasteiger partial charge in [0.05, 0.1) is 41.0 Å². The van der Waals surface area contributed by atoms with Crippen LogP contribution in [0.1, 0.15) is 31.0 Å². The summed E-state index contributed by atoms with van der Waals surface area (Å²) in [6.45, 7) is 3.94. The Labute approximate surface area is 232 Å². The third kappa shape index (κ3) is 5.46. The van der Waals surface area contributed by atoms with Crippen molar-refractivity contribution in [3.05, 3.63) is 88.6 Å². The van der Waals surface area contributed by atoms with Crippen molar-refractivity contribution in [1.29, 1.82) is 0 Å². The van der Waals surface area contributed by atoms with Gasteiger partial charge in [-0.25, -0.2) is 9.79 Å². The lowest BCUT2D eigenvalue weighted by Crippen LogP contribution is -2.40. The summed E-state index contributed by atoms with van der Waals surface area (Å²) < 4.78 is 23.5. The molecule has 12 nitrogen and oxygen atoms in total. The molecule has 2 aromatic carbocycles. The number of phenolic OH excluding ortho intramolecular Hbond substituents is 1. The zero-order chi connectivity index (χ0) is 29.0. The van der Waals surface area contributed by atoms with Crippen molar-refractivity contribution >= 4 is 29.1 Å². The van der Waals surface area contributed by atoms with Gasteiger partial charge in [0.1, 0.15) is 12.6 Å². The molecule has 210 valence electrons. The normalized spacial score (nSPS) is 14.9. The molecule has 1 atom stereocenters. The van der Waals surface area contributed by atoms with Crippen LogP contribution < -0.4 is 24.4 Å². The third-order valence-electron chi connectivity index (χ3n) is 6.07. The second kappa shape index (κ2) is 12.1. The van der Waals surface area contributed by atoms with E-state index >= 15 is 0 Å². The summed E-state index contributed by atoms with van der Waals surface area (Å²) in [7, 11) is 2.98. The maximum absolute atomic E-state index is 13.9. The van der Waals surface area contributed by atoms with Gasteiger partial charge in [0.2, 0.25) is 0 Å². The van der Waals surface area contributed by atoms with Crippen molar-refractivity contribution in [3.63, 3.8) is 0 Å². The first-order chi connectivity index (χ1) is 19.2. The molecule has 1 aromatic heterocycles. The molecule has 4 rings (SSSR count). The van der Waals surface area contributed by atoms with E-state index in [0.717, 1.165) is 11.3 Å². The van der Waals surface area contributed by atoms with Gasteiger partial charge in [-0.3, -0.25) is 19.5 Å². The number of nitro benzene ring substituents is 1. The molecule has 0 unspecified atom stereocenters. The van der Waals surface area contributed by atoms with E-state index in [1.807, 2.05) is 0 Å². The van der Waals surface area contributed by atoms with Crippen molar-refractivity contribution in [2.24, 2.45) is 4.99 Å². The van der Waals surface area contributed by atoms with Crippen LogP contribution in [-0.2, 0) is 14.3 Å². The summed E-state index contributed by atoms with van der Waals surface area (Å²) in [5.74, 6) is -0.382. The van der Waals surface area contributed by atoms with E-state index in [0.29, 0.717) is 39.7 Å². The Morgan fingerprint density at radius 3 is 2.70 bits per heavy atom. The molecule has 0 bridgehead atoms. The minimum atomic E-state index is -0.973. The summed E-state index contributed by atoms with van der Waals surface area (Å²) in [6, 6.07) is 8.02. The van der Waals surface area contributed by atoms with Gasteiger partial charge in [0.15, 0.2) is 22.0 Å². The maximum Gasteiger partial charge on any atom is 0.338 e. The molecular weight excluding hydrogens is 542 g/mol. The average molecular weight is 570 g/mol. The summed E-state index contributed by atoms with van der Waals surface area (Å²) in [6.07, 6.45) is 1.47. The van der Waals surface area contributed by atoms with Gasteiger partial charge >= 0.3 is 11.7 Å². The van der Waals surface area contributed by atoms with Crippen molar-refractivity contribution < 1.29 is 33.8 Å². The minimum absolute atomic E-state index is 0.000681. The maximum atomic E-state index is 13.9. The van der Waals surface area contributed by atoms with Gasteiger partial charge in [0, 0.05) is 18.7 Å². The van der Waals surface area contributed by atoms with E-state index in [2.05, 4.69) is 4.99 Å². The molecule has 0 spiro atoms. The summed E-state index contributed by atoms with van der Waals surface area (Å²) in [5, 5.41) is 21.1. The molecule has 0 amide bonds. The topological polar surface area (TPSA) is 152 Å². The number of carbonyl (C=O) groups excluding carboxylic acids is 1. The Morgan fingerprint density at radius 1 is 1.25 bits per heavy atom. The lowest BCUT2D eigenvalue weighted by Gasteiger charge is -2.27. The number of allylic oxidation sites excluding steroid dienone is 1. The first-order valence-electron chi connectivity index (χ1n) is 12.2. The highest BCUT2D eigenvalue weighted by Crippen LogP contribution is 2.40. The molecule has 13 heteroatoms. The quantitative estimate of drug-likeness (QED) is 0.168. The number of aromatic hydroxyl groups is 1. The Bertz CT molecular complexity index is 1670. The fourth-order valence-electron chi connectivity index (χ4n) is 4.31. The van der Waals surface area contributed by atoms with Crippen LogP contribution in [0.4, 0.5) is 5.69 Å². The van der Waals surface area contributed by atoms with Crippen LogP contribution in [-0.4, -0.2) is 54.6 Å². The highest BCUT2D eigenvalue weighted by atomic mass is 32.1. The van der Waals surface area contributed by atoms with Crippen molar-refractivity contribution in [3.8, 4) is 17.2 Å². The fraction of sp³-hybridized carbons (Fsp3) is 0.296. The smallest absolute Gasteiger partial charge is 0.338 e. The predicted molar refractivity (Wildman–Crippen MR) is 146 cm³/mol. The van der Waals surface area contributed by atoms with Crippen LogP contribution in [0, 0.1) is 10.1 Å². The van der Waals surface area contributed by atoms with E-state index < -0.39 is 33.9 Å². The van der Waals surface area contributed by atoms with E-state index in [1.165, 1.54) is 43.1 Å². The summed E-state index contributed by atoms with van der Waals surface area (Å²) >= 11 is 1.06. The molecule has 1 aliphatic rings. The van der Waals surface area contributed by atoms with Crippen molar-refractivity contribution in [2.75, 3.05) is 34.0 Å². The Morgan fingerprint density at radius 2 is 2.02 bits per heavy atom. The Kier molecular flexibility index (Phi) is 8.65. The van der Waals surface area contributed by atoms with Gasteiger partial charge < -0.3 is 24.1 Å². The molecule has 0 aliphatic carbocycles. The number of thiazole rings is 1. The van der Waals surface area contributed by atoms with Gasteiger partial charge in [-0.15, -0.1) is 0 Å². The molecule has 0 saturated carbocycles. The molecule has 40 heavy (non-hydrogen) atoms. The molecule has 1 aliphatic heterocycles. The lowest BCUT2D eigenvalue weighted by atomic mass is 9.94. The van der Waals surface area contributed by atoms with Gasteiger partial charge in [-0.05, 0) is 37.6 Å². The zero-order valence-electron chi connectivity index (χ0n) is 22.2. The van der Waals surface area contributed by atoms with E-state index in [9.17, 15) is 24.8 Å². The first-order valence-corrected chi connectivity index (χ1v) is 13.0. The van der Waals surface area contributed by atoms with Crippen LogP contribution >= 0.6 is 11.3 Å². The number of para-hydroxylation sites is 1. The number of phenols is 1. The number of rotatable bonds is 10. The number of aromatic nitrogens is 1. The average Bonchev–Trinajstić information content (AvgIpc) is 3.23. The minimum Gasteiger partial charge on any atom is -0.502 e. The predicted octanol–water partition coefficient (Wildman–Crippen LogP) is 2.45. The van der Waals surface area contributed by atoms with Gasteiger partial charge in [-0.1, -0.05) is 29.5 Å². The number of nitrogens with zero attached hydrogens (tertiary/aromatic N) is 3. The molecule has 0 fully saturated rings. The van der Waals surface area contributed by atoms with Crippen LogP contribution in [0.25, 0.3) is 6.08 Å². The molecular formula is C27H27N3O9S. The SMILES string of the molecule is CCOc1c(OC)cccc1[C@H]1C(C(=O)OCCOC)=C(C)N=c2s/c(=C/c3ccc(O)c([N+](=O)[O-])c3)c(=O)n21. The molecule has 0 saturated heterocycles. The first kappa shape index (κ1) is 28.5.